The van der Waals surface area contributed by atoms with E-state index < -0.39 is 12.0 Å². The average molecular weight is 276 g/mol. The van der Waals surface area contributed by atoms with E-state index in [0.717, 1.165) is 18.4 Å². The number of anilines is 1. The third kappa shape index (κ3) is 2.61. The van der Waals surface area contributed by atoms with E-state index in [1.165, 1.54) is 4.90 Å². The molecule has 0 saturated heterocycles. The van der Waals surface area contributed by atoms with Gasteiger partial charge in [0.15, 0.2) is 0 Å². The summed E-state index contributed by atoms with van der Waals surface area (Å²) < 4.78 is 0. The Bertz CT molecular complexity index is 516. The maximum Gasteiger partial charge on any atom is 0.327 e. The van der Waals surface area contributed by atoms with Crippen LogP contribution in [0.15, 0.2) is 24.3 Å². The summed E-state index contributed by atoms with van der Waals surface area (Å²) in [6.07, 6.45) is 2.28. The minimum atomic E-state index is -0.960. The van der Waals surface area contributed by atoms with Crippen molar-refractivity contribution in [2.24, 2.45) is 0 Å². The van der Waals surface area contributed by atoms with Crippen LogP contribution in [0.3, 0.4) is 0 Å². The number of benzene rings is 1. The summed E-state index contributed by atoms with van der Waals surface area (Å²) >= 11 is 0. The Morgan fingerprint density at radius 3 is 2.75 bits per heavy atom. The molecule has 0 unspecified atom stereocenters. The number of carbonyl (C=O) groups excluding carboxylic acids is 1. The van der Waals surface area contributed by atoms with Crippen LogP contribution >= 0.6 is 0 Å². The Morgan fingerprint density at radius 1 is 1.40 bits per heavy atom. The Hall–Kier alpha value is -2.04. The number of fused-ring (bicyclic) bond motifs is 1. The summed E-state index contributed by atoms with van der Waals surface area (Å²) in [4.78, 5) is 26.9. The van der Waals surface area contributed by atoms with Gasteiger partial charge >= 0.3 is 12.0 Å². The number of para-hydroxylation sites is 1. The molecular weight excluding hydrogens is 256 g/mol. The second kappa shape index (κ2) is 5.94. The quantitative estimate of drug-likeness (QED) is 0.918. The van der Waals surface area contributed by atoms with E-state index in [4.69, 9.17) is 0 Å². The molecule has 5 heteroatoms. The fourth-order valence-electron chi connectivity index (χ4n) is 2.49. The largest absolute Gasteiger partial charge is 0.480 e. The highest BCUT2D eigenvalue weighted by molar-refractivity contribution is 6.00. The number of unbranched alkanes of at least 4 members (excludes halogenated alkanes) is 1. The molecule has 0 aliphatic carbocycles. The van der Waals surface area contributed by atoms with Crippen molar-refractivity contribution >= 4 is 17.7 Å². The van der Waals surface area contributed by atoms with E-state index in [-0.39, 0.29) is 6.03 Å². The molecule has 1 heterocycles. The van der Waals surface area contributed by atoms with Crippen LogP contribution in [0, 0.1) is 0 Å². The highest BCUT2D eigenvalue weighted by Crippen LogP contribution is 2.32. The van der Waals surface area contributed by atoms with Crippen LogP contribution in [0.5, 0.6) is 0 Å². The first-order valence-electron chi connectivity index (χ1n) is 6.91. The molecule has 1 aliphatic rings. The first-order chi connectivity index (χ1) is 9.56. The minimum Gasteiger partial charge on any atom is -0.480 e. The second-order valence-electron chi connectivity index (χ2n) is 5.11. The molecule has 0 aromatic heterocycles. The summed E-state index contributed by atoms with van der Waals surface area (Å²) in [5.41, 5.74) is 1.63. The van der Waals surface area contributed by atoms with E-state index in [2.05, 4.69) is 6.92 Å². The van der Waals surface area contributed by atoms with Gasteiger partial charge < -0.3 is 10.0 Å². The van der Waals surface area contributed by atoms with Crippen molar-refractivity contribution in [2.75, 3.05) is 18.5 Å². The minimum absolute atomic E-state index is 0.240. The van der Waals surface area contributed by atoms with E-state index in [1.54, 1.807) is 11.9 Å². The molecule has 1 aromatic rings. The summed E-state index contributed by atoms with van der Waals surface area (Å²) in [5.74, 6) is -0.960. The van der Waals surface area contributed by atoms with Gasteiger partial charge in [-0.05, 0) is 18.1 Å². The predicted octanol–water partition coefficient (Wildman–Crippen LogP) is 2.35. The van der Waals surface area contributed by atoms with Crippen molar-refractivity contribution in [3.63, 3.8) is 0 Å². The normalized spacial score (nSPS) is 16.9. The van der Waals surface area contributed by atoms with Gasteiger partial charge in [0.25, 0.3) is 0 Å². The van der Waals surface area contributed by atoms with Gasteiger partial charge in [-0.25, -0.2) is 9.59 Å². The molecule has 1 N–H and O–H groups in total. The van der Waals surface area contributed by atoms with Gasteiger partial charge in [-0.2, -0.15) is 0 Å². The van der Waals surface area contributed by atoms with E-state index in [1.807, 2.05) is 24.3 Å². The van der Waals surface area contributed by atoms with Crippen LogP contribution in [0.4, 0.5) is 10.5 Å². The number of rotatable bonds is 4. The highest BCUT2D eigenvalue weighted by Gasteiger charge is 2.39. The van der Waals surface area contributed by atoms with Gasteiger partial charge in [0.05, 0.1) is 0 Å². The third-order valence-electron chi connectivity index (χ3n) is 3.64. The zero-order chi connectivity index (χ0) is 14.7. The lowest BCUT2D eigenvalue weighted by molar-refractivity contribution is -0.138. The molecule has 20 heavy (non-hydrogen) atoms. The summed E-state index contributed by atoms with van der Waals surface area (Å²) in [6, 6.07) is 6.34. The Balaban J connectivity index is 2.26. The lowest BCUT2D eigenvalue weighted by atomic mass is 10.1. The predicted molar refractivity (Wildman–Crippen MR) is 77.0 cm³/mol. The van der Waals surface area contributed by atoms with Crippen LogP contribution in [0.25, 0.3) is 0 Å². The fraction of sp³-hybridized carbons (Fsp3) is 0.467. The van der Waals surface area contributed by atoms with Gasteiger partial charge in [-0.1, -0.05) is 31.5 Å². The van der Waals surface area contributed by atoms with Crippen molar-refractivity contribution in [3.8, 4) is 0 Å². The third-order valence-corrected chi connectivity index (χ3v) is 3.64. The molecule has 108 valence electrons. The molecule has 0 fully saturated rings. The number of aliphatic carboxylic acids is 1. The lowest BCUT2D eigenvalue weighted by Gasteiger charge is -2.28. The number of carboxylic acid groups (broad SMARTS) is 1. The summed E-state index contributed by atoms with van der Waals surface area (Å²) in [5, 5.41) is 9.35. The van der Waals surface area contributed by atoms with E-state index in [0.29, 0.717) is 18.7 Å². The van der Waals surface area contributed by atoms with Crippen molar-refractivity contribution in [3.05, 3.63) is 29.8 Å². The van der Waals surface area contributed by atoms with Crippen LogP contribution in [0.1, 0.15) is 25.3 Å². The molecule has 2 rings (SSSR count). The molecule has 1 aliphatic heterocycles. The lowest BCUT2D eigenvalue weighted by Crippen LogP contribution is -2.48. The van der Waals surface area contributed by atoms with E-state index >= 15 is 0 Å². The number of carbonyl (C=O) groups is 2. The molecule has 0 saturated carbocycles. The van der Waals surface area contributed by atoms with Crippen molar-refractivity contribution in [1.29, 1.82) is 0 Å². The van der Waals surface area contributed by atoms with Crippen LogP contribution in [0.2, 0.25) is 0 Å². The smallest absolute Gasteiger partial charge is 0.327 e. The number of hydrogen-bond acceptors (Lipinski definition) is 2. The Morgan fingerprint density at radius 2 is 2.10 bits per heavy atom. The standard InChI is InChI=1S/C15H20N2O3/c1-3-4-9-16(2)15(20)17-12-8-6-5-7-11(12)10-13(17)14(18)19/h5-8,13H,3-4,9-10H2,1-2H3,(H,18,19)/t13-/m0/s1. The van der Waals surface area contributed by atoms with Crippen LogP contribution in [-0.2, 0) is 11.2 Å². The van der Waals surface area contributed by atoms with Crippen molar-refractivity contribution < 1.29 is 14.7 Å². The molecule has 0 radical (unpaired) electrons. The summed E-state index contributed by atoms with van der Waals surface area (Å²) in [6.45, 7) is 2.70. The van der Waals surface area contributed by atoms with Gasteiger partial charge in [-0.15, -0.1) is 0 Å². The molecule has 1 atom stereocenters. The summed E-state index contributed by atoms with van der Waals surface area (Å²) in [7, 11) is 1.72. The van der Waals surface area contributed by atoms with E-state index in [9.17, 15) is 14.7 Å². The molecule has 0 bridgehead atoms. The maximum atomic E-state index is 12.5. The second-order valence-corrected chi connectivity index (χ2v) is 5.11. The molecule has 2 amide bonds. The molecule has 5 nitrogen and oxygen atoms in total. The topological polar surface area (TPSA) is 60.9 Å². The number of hydrogen-bond donors (Lipinski definition) is 1. The number of nitrogens with zero attached hydrogens (tertiary/aromatic N) is 2. The van der Waals surface area contributed by atoms with Gasteiger partial charge in [0.2, 0.25) is 0 Å². The number of urea groups is 1. The van der Waals surface area contributed by atoms with Crippen LogP contribution in [-0.4, -0.2) is 41.6 Å². The van der Waals surface area contributed by atoms with Gasteiger partial charge in [0.1, 0.15) is 6.04 Å². The molecule has 0 spiro atoms. The number of amides is 2. The monoisotopic (exact) mass is 276 g/mol. The highest BCUT2D eigenvalue weighted by atomic mass is 16.4. The van der Waals surface area contributed by atoms with Crippen molar-refractivity contribution in [2.45, 2.75) is 32.2 Å². The van der Waals surface area contributed by atoms with Crippen LogP contribution < -0.4 is 4.90 Å². The maximum absolute atomic E-state index is 12.5. The number of carboxylic acids is 1. The average Bonchev–Trinajstić information content (AvgIpc) is 2.83. The van der Waals surface area contributed by atoms with Gasteiger partial charge in [-0.3, -0.25) is 4.90 Å². The first kappa shape index (κ1) is 14.4. The zero-order valence-corrected chi connectivity index (χ0v) is 11.9. The molecule has 1 aromatic carbocycles. The Kier molecular flexibility index (Phi) is 4.27. The zero-order valence-electron chi connectivity index (χ0n) is 11.9. The first-order valence-corrected chi connectivity index (χ1v) is 6.91. The SMILES string of the molecule is CCCCN(C)C(=O)N1c2ccccc2C[C@H]1C(=O)O. The van der Waals surface area contributed by atoms with Crippen molar-refractivity contribution in [1.82, 2.24) is 4.90 Å². The molecular formula is C15H20N2O3. The fourth-order valence-corrected chi connectivity index (χ4v) is 2.49. The Labute approximate surface area is 118 Å². The van der Waals surface area contributed by atoms with Gasteiger partial charge in [0, 0.05) is 25.7 Å².